The Bertz CT molecular complexity index is 1120. The third kappa shape index (κ3) is 3.48. The lowest BCUT2D eigenvalue weighted by atomic mass is 10.2. The van der Waals surface area contributed by atoms with Crippen molar-refractivity contribution < 1.29 is 4.79 Å². The second-order valence-electron chi connectivity index (χ2n) is 6.16. The maximum Gasteiger partial charge on any atom is 0.234 e. The molecule has 0 aliphatic carbocycles. The Labute approximate surface area is 166 Å². The molecular weight excluding hydrogens is 374 g/mol. The molecule has 0 aliphatic rings. The second kappa shape index (κ2) is 7.81. The van der Waals surface area contributed by atoms with Crippen molar-refractivity contribution in [3.05, 3.63) is 49.1 Å². The average Bonchev–Trinajstić information content (AvgIpc) is 3.30. The molecule has 0 saturated carbocycles. The van der Waals surface area contributed by atoms with E-state index in [1.165, 1.54) is 11.8 Å². The summed E-state index contributed by atoms with van der Waals surface area (Å²) in [7, 11) is 1.93. The topological polar surface area (TPSA) is 90.5 Å². The fourth-order valence-electron chi connectivity index (χ4n) is 2.94. The van der Waals surface area contributed by atoms with E-state index >= 15 is 0 Å². The number of imidazole rings is 1. The maximum atomic E-state index is 12.2. The molecule has 0 aliphatic heterocycles. The standard InChI is InChI=1S/C19H19N7OS/c1-3-26-18(14-9-20-10-15-17(14)21-12-25(15)2)23-24-19(26)28-11-16(27)22-13-7-5-4-6-8-13/h4-10,12H,3,11H2,1-2H3,(H,22,27). The number of aromatic nitrogens is 6. The maximum absolute atomic E-state index is 12.2. The molecule has 0 saturated heterocycles. The number of para-hydroxylation sites is 1. The summed E-state index contributed by atoms with van der Waals surface area (Å²) in [5.41, 5.74) is 3.37. The van der Waals surface area contributed by atoms with E-state index in [1.54, 1.807) is 18.7 Å². The zero-order chi connectivity index (χ0) is 19.5. The highest BCUT2D eigenvalue weighted by Crippen LogP contribution is 2.28. The molecule has 0 fully saturated rings. The summed E-state index contributed by atoms with van der Waals surface area (Å²) < 4.78 is 3.90. The van der Waals surface area contributed by atoms with Gasteiger partial charge in [0.2, 0.25) is 5.91 Å². The van der Waals surface area contributed by atoms with Crippen molar-refractivity contribution in [1.82, 2.24) is 29.3 Å². The van der Waals surface area contributed by atoms with Crippen LogP contribution in [0.25, 0.3) is 22.4 Å². The van der Waals surface area contributed by atoms with E-state index in [0.29, 0.717) is 17.5 Å². The summed E-state index contributed by atoms with van der Waals surface area (Å²) in [4.78, 5) is 21.0. The molecule has 0 radical (unpaired) electrons. The number of hydrogen-bond acceptors (Lipinski definition) is 6. The molecule has 1 amide bonds. The Kier molecular flexibility index (Phi) is 5.07. The van der Waals surface area contributed by atoms with Crippen LogP contribution in [0.1, 0.15) is 6.92 Å². The van der Waals surface area contributed by atoms with Crippen LogP contribution < -0.4 is 5.32 Å². The van der Waals surface area contributed by atoms with Crippen LogP contribution in [0.15, 0.2) is 54.2 Å². The summed E-state index contributed by atoms with van der Waals surface area (Å²) >= 11 is 1.36. The van der Waals surface area contributed by atoms with Crippen LogP contribution in [-0.4, -0.2) is 41.0 Å². The number of aryl methyl sites for hydroxylation is 1. The van der Waals surface area contributed by atoms with Gasteiger partial charge in [-0.05, 0) is 19.1 Å². The Hall–Kier alpha value is -3.20. The zero-order valence-electron chi connectivity index (χ0n) is 15.5. The Morgan fingerprint density at radius 2 is 2.00 bits per heavy atom. The first-order chi connectivity index (χ1) is 13.7. The Morgan fingerprint density at radius 1 is 1.18 bits per heavy atom. The molecule has 0 unspecified atom stereocenters. The number of hydrogen-bond donors (Lipinski definition) is 1. The SMILES string of the molecule is CCn1c(SCC(=O)Nc2ccccc2)nnc1-c1cncc2c1ncn2C. The van der Waals surface area contributed by atoms with Gasteiger partial charge in [0.25, 0.3) is 0 Å². The molecule has 8 nitrogen and oxygen atoms in total. The predicted molar refractivity (Wildman–Crippen MR) is 109 cm³/mol. The van der Waals surface area contributed by atoms with E-state index in [1.807, 2.05) is 53.4 Å². The van der Waals surface area contributed by atoms with Crippen LogP contribution in [0.4, 0.5) is 5.69 Å². The van der Waals surface area contributed by atoms with Crippen LogP contribution in [0, 0.1) is 0 Å². The van der Waals surface area contributed by atoms with E-state index in [-0.39, 0.29) is 11.7 Å². The number of nitrogens with one attached hydrogen (secondary N) is 1. The van der Waals surface area contributed by atoms with Gasteiger partial charge in [0.05, 0.1) is 29.4 Å². The van der Waals surface area contributed by atoms with Gasteiger partial charge in [0, 0.05) is 25.5 Å². The third-order valence-electron chi connectivity index (χ3n) is 4.30. The lowest BCUT2D eigenvalue weighted by Gasteiger charge is -2.08. The fourth-order valence-corrected chi connectivity index (χ4v) is 3.74. The summed E-state index contributed by atoms with van der Waals surface area (Å²) in [5, 5.41) is 12.2. The Morgan fingerprint density at radius 3 is 2.79 bits per heavy atom. The summed E-state index contributed by atoms with van der Waals surface area (Å²) in [5.74, 6) is 0.862. The van der Waals surface area contributed by atoms with Crippen molar-refractivity contribution in [2.75, 3.05) is 11.1 Å². The first-order valence-corrected chi connectivity index (χ1v) is 9.82. The molecule has 3 heterocycles. The van der Waals surface area contributed by atoms with Gasteiger partial charge < -0.3 is 14.5 Å². The van der Waals surface area contributed by atoms with Crippen LogP contribution >= 0.6 is 11.8 Å². The van der Waals surface area contributed by atoms with Gasteiger partial charge in [-0.15, -0.1) is 10.2 Å². The van der Waals surface area contributed by atoms with Crippen molar-refractivity contribution in [2.45, 2.75) is 18.6 Å². The van der Waals surface area contributed by atoms with Crippen molar-refractivity contribution >= 4 is 34.4 Å². The van der Waals surface area contributed by atoms with Gasteiger partial charge >= 0.3 is 0 Å². The number of fused-ring (bicyclic) bond motifs is 1. The highest BCUT2D eigenvalue weighted by molar-refractivity contribution is 7.99. The van der Waals surface area contributed by atoms with Crippen molar-refractivity contribution in [3.63, 3.8) is 0 Å². The van der Waals surface area contributed by atoms with Crippen molar-refractivity contribution in [2.24, 2.45) is 7.05 Å². The van der Waals surface area contributed by atoms with E-state index in [0.717, 1.165) is 22.3 Å². The fraction of sp³-hybridized carbons (Fsp3) is 0.211. The van der Waals surface area contributed by atoms with E-state index in [2.05, 4.69) is 25.5 Å². The third-order valence-corrected chi connectivity index (χ3v) is 5.27. The van der Waals surface area contributed by atoms with Gasteiger partial charge in [0.1, 0.15) is 5.52 Å². The number of anilines is 1. The molecule has 4 rings (SSSR count). The molecule has 0 atom stereocenters. The monoisotopic (exact) mass is 393 g/mol. The zero-order valence-corrected chi connectivity index (χ0v) is 16.3. The molecule has 1 N–H and O–H groups in total. The Balaban J connectivity index is 1.55. The number of carbonyl (C=O) groups excluding carboxylic acids is 1. The lowest BCUT2D eigenvalue weighted by molar-refractivity contribution is -0.113. The minimum atomic E-state index is -0.0862. The van der Waals surface area contributed by atoms with Gasteiger partial charge in [-0.3, -0.25) is 9.78 Å². The second-order valence-corrected chi connectivity index (χ2v) is 7.11. The number of nitrogens with zero attached hydrogens (tertiary/aromatic N) is 6. The summed E-state index contributed by atoms with van der Waals surface area (Å²) in [6, 6.07) is 9.39. The smallest absolute Gasteiger partial charge is 0.234 e. The van der Waals surface area contributed by atoms with Crippen LogP contribution in [-0.2, 0) is 18.4 Å². The van der Waals surface area contributed by atoms with Crippen LogP contribution in [0.2, 0.25) is 0 Å². The quantitative estimate of drug-likeness (QED) is 0.507. The summed E-state index contributed by atoms with van der Waals surface area (Å²) in [6.07, 6.45) is 5.29. The first-order valence-electron chi connectivity index (χ1n) is 8.83. The van der Waals surface area contributed by atoms with Gasteiger partial charge in [-0.25, -0.2) is 4.98 Å². The van der Waals surface area contributed by atoms with E-state index in [4.69, 9.17) is 0 Å². The number of benzene rings is 1. The van der Waals surface area contributed by atoms with E-state index < -0.39 is 0 Å². The normalized spacial score (nSPS) is 11.1. The molecule has 0 bridgehead atoms. The molecule has 3 aromatic heterocycles. The molecule has 28 heavy (non-hydrogen) atoms. The number of pyridine rings is 1. The van der Waals surface area contributed by atoms with Crippen LogP contribution in [0.3, 0.4) is 0 Å². The largest absolute Gasteiger partial charge is 0.332 e. The molecule has 0 spiro atoms. The van der Waals surface area contributed by atoms with Crippen molar-refractivity contribution in [3.8, 4) is 11.4 Å². The number of thioether (sulfide) groups is 1. The van der Waals surface area contributed by atoms with E-state index in [9.17, 15) is 4.79 Å². The predicted octanol–water partition coefficient (Wildman–Crippen LogP) is 2.98. The minimum Gasteiger partial charge on any atom is -0.332 e. The number of rotatable bonds is 6. The molecule has 4 aromatic rings. The van der Waals surface area contributed by atoms with Gasteiger partial charge in [-0.2, -0.15) is 0 Å². The lowest BCUT2D eigenvalue weighted by Crippen LogP contribution is -2.14. The highest BCUT2D eigenvalue weighted by Gasteiger charge is 2.18. The number of carbonyl (C=O) groups is 1. The molecule has 1 aromatic carbocycles. The highest BCUT2D eigenvalue weighted by atomic mass is 32.2. The van der Waals surface area contributed by atoms with Crippen LogP contribution in [0.5, 0.6) is 0 Å². The van der Waals surface area contributed by atoms with Gasteiger partial charge in [-0.1, -0.05) is 30.0 Å². The molecular formula is C19H19N7OS. The molecule has 142 valence electrons. The minimum absolute atomic E-state index is 0.0862. The summed E-state index contributed by atoms with van der Waals surface area (Å²) in [6.45, 7) is 2.70. The number of amides is 1. The van der Waals surface area contributed by atoms with Gasteiger partial charge in [0.15, 0.2) is 11.0 Å². The molecule has 9 heteroatoms. The average molecular weight is 393 g/mol. The first kappa shape index (κ1) is 18.2. The van der Waals surface area contributed by atoms with Crippen molar-refractivity contribution in [1.29, 1.82) is 0 Å².